The van der Waals surface area contributed by atoms with Crippen LogP contribution in [0.15, 0.2) is 53.1 Å². The van der Waals surface area contributed by atoms with Gasteiger partial charge >= 0.3 is 11.9 Å². The van der Waals surface area contributed by atoms with Crippen molar-refractivity contribution in [2.45, 2.75) is 12.8 Å². The van der Waals surface area contributed by atoms with E-state index in [4.69, 9.17) is 14.0 Å². The summed E-state index contributed by atoms with van der Waals surface area (Å²) in [4.78, 5) is 23.6. The summed E-state index contributed by atoms with van der Waals surface area (Å²) in [6.45, 7) is 0. The second-order valence-corrected chi connectivity index (χ2v) is 6.04. The standard InChI is InChI=1S/C21H18FNO6/c1-26-14-7-8-17(22)16(11-14)18-12-19(29-23-18)21(25)28-15-5-3-4-13(10-15)6-9-20(24)27-2/h3-5,7-8,10-12H,6,9H2,1-2H3. The predicted octanol–water partition coefficient (Wildman–Crippen LogP) is 3.81. The molecule has 7 nitrogen and oxygen atoms in total. The van der Waals surface area contributed by atoms with Crippen LogP contribution in [-0.4, -0.2) is 31.3 Å². The van der Waals surface area contributed by atoms with Crippen LogP contribution < -0.4 is 9.47 Å². The smallest absolute Gasteiger partial charge is 0.382 e. The van der Waals surface area contributed by atoms with E-state index in [9.17, 15) is 14.0 Å². The van der Waals surface area contributed by atoms with Gasteiger partial charge < -0.3 is 18.7 Å². The molecule has 150 valence electrons. The molecule has 0 aliphatic carbocycles. The summed E-state index contributed by atoms with van der Waals surface area (Å²) < 4.78 is 34.0. The lowest BCUT2D eigenvalue weighted by molar-refractivity contribution is -0.140. The summed E-state index contributed by atoms with van der Waals surface area (Å²) in [6, 6.07) is 12.2. The number of methoxy groups -OCH3 is 2. The largest absolute Gasteiger partial charge is 0.497 e. The maximum Gasteiger partial charge on any atom is 0.382 e. The first-order valence-corrected chi connectivity index (χ1v) is 8.68. The zero-order chi connectivity index (χ0) is 20.8. The molecule has 0 unspecified atom stereocenters. The highest BCUT2D eigenvalue weighted by molar-refractivity contribution is 5.89. The van der Waals surface area contributed by atoms with Crippen molar-refractivity contribution in [1.82, 2.24) is 5.16 Å². The van der Waals surface area contributed by atoms with Gasteiger partial charge in [-0.2, -0.15) is 0 Å². The highest BCUT2D eigenvalue weighted by Crippen LogP contribution is 2.27. The van der Waals surface area contributed by atoms with Gasteiger partial charge in [-0.1, -0.05) is 17.3 Å². The monoisotopic (exact) mass is 399 g/mol. The third kappa shape index (κ3) is 4.98. The molecule has 0 radical (unpaired) electrons. The molecule has 3 aromatic rings. The Bertz CT molecular complexity index is 1030. The maximum atomic E-state index is 14.1. The van der Waals surface area contributed by atoms with Gasteiger partial charge in [-0.3, -0.25) is 4.79 Å². The van der Waals surface area contributed by atoms with Crippen LogP contribution in [0.25, 0.3) is 11.3 Å². The van der Waals surface area contributed by atoms with Crippen LogP contribution in [0.5, 0.6) is 11.5 Å². The fourth-order valence-electron chi connectivity index (χ4n) is 2.60. The molecule has 1 aromatic heterocycles. The van der Waals surface area contributed by atoms with Crippen molar-refractivity contribution in [2.75, 3.05) is 14.2 Å². The minimum atomic E-state index is -0.780. The van der Waals surface area contributed by atoms with E-state index >= 15 is 0 Å². The second-order valence-electron chi connectivity index (χ2n) is 6.04. The normalized spacial score (nSPS) is 10.4. The molecule has 0 amide bonds. The Morgan fingerprint density at radius 3 is 2.66 bits per heavy atom. The SMILES string of the molecule is COC(=O)CCc1cccc(OC(=O)c2cc(-c3cc(OC)ccc3F)no2)c1. The first-order chi connectivity index (χ1) is 14.0. The van der Waals surface area contributed by atoms with Crippen molar-refractivity contribution in [3.63, 3.8) is 0 Å². The van der Waals surface area contributed by atoms with E-state index in [0.29, 0.717) is 12.2 Å². The molecule has 0 atom stereocenters. The van der Waals surface area contributed by atoms with E-state index in [-0.39, 0.29) is 35.2 Å². The first kappa shape index (κ1) is 20.1. The third-order valence-corrected chi connectivity index (χ3v) is 4.12. The van der Waals surface area contributed by atoms with Crippen molar-refractivity contribution < 1.29 is 32.7 Å². The van der Waals surface area contributed by atoms with E-state index in [1.807, 2.05) is 0 Å². The topological polar surface area (TPSA) is 87.9 Å². The van der Waals surface area contributed by atoms with Crippen LogP contribution in [0.3, 0.4) is 0 Å². The summed E-state index contributed by atoms with van der Waals surface area (Å²) >= 11 is 0. The zero-order valence-electron chi connectivity index (χ0n) is 15.8. The fourth-order valence-corrected chi connectivity index (χ4v) is 2.60. The summed E-state index contributed by atoms with van der Waals surface area (Å²) in [5.74, 6) is -1.09. The Balaban J connectivity index is 1.72. The predicted molar refractivity (Wildman–Crippen MR) is 100 cm³/mol. The second kappa shape index (κ2) is 9.01. The van der Waals surface area contributed by atoms with Crippen molar-refractivity contribution in [3.8, 4) is 22.8 Å². The quantitative estimate of drug-likeness (QED) is 0.441. The molecule has 0 N–H and O–H groups in total. The lowest BCUT2D eigenvalue weighted by Crippen LogP contribution is -2.07. The highest BCUT2D eigenvalue weighted by Gasteiger charge is 2.19. The van der Waals surface area contributed by atoms with Crippen LogP contribution in [0, 0.1) is 5.82 Å². The Hall–Kier alpha value is -3.68. The Morgan fingerprint density at radius 1 is 1.07 bits per heavy atom. The van der Waals surface area contributed by atoms with Gasteiger partial charge in [0.15, 0.2) is 0 Å². The number of aromatic nitrogens is 1. The van der Waals surface area contributed by atoms with E-state index < -0.39 is 11.8 Å². The van der Waals surface area contributed by atoms with Gasteiger partial charge in [0.2, 0.25) is 5.76 Å². The molecular weight excluding hydrogens is 381 g/mol. The lowest BCUT2D eigenvalue weighted by atomic mass is 10.1. The van der Waals surface area contributed by atoms with Gasteiger partial charge in [0.25, 0.3) is 0 Å². The molecule has 0 fully saturated rings. The van der Waals surface area contributed by atoms with E-state index in [2.05, 4.69) is 9.89 Å². The summed E-state index contributed by atoms with van der Waals surface area (Å²) in [7, 11) is 2.78. The van der Waals surface area contributed by atoms with Crippen LogP contribution in [0.2, 0.25) is 0 Å². The fraction of sp³-hybridized carbons (Fsp3) is 0.190. The minimum Gasteiger partial charge on any atom is -0.497 e. The van der Waals surface area contributed by atoms with Crippen LogP contribution >= 0.6 is 0 Å². The van der Waals surface area contributed by atoms with Crippen molar-refractivity contribution in [2.24, 2.45) is 0 Å². The average Bonchev–Trinajstić information content (AvgIpc) is 3.23. The molecular formula is C21H18FNO6. The molecule has 0 aliphatic rings. The van der Waals surface area contributed by atoms with E-state index in [1.54, 1.807) is 24.3 Å². The molecule has 1 heterocycles. The number of hydrogen-bond donors (Lipinski definition) is 0. The van der Waals surface area contributed by atoms with Crippen LogP contribution in [0.1, 0.15) is 22.5 Å². The number of nitrogens with zero attached hydrogens (tertiary/aromatic N) is 1. The van der Waals surface area contributed by atoms with Crippen molar-refractivity contribution in [3.05, 3.63) is 65.7 Å². The minimum absolute atomic E-state index is 0.136. The average molecular weight is 399 g/mol. The number of esters is 2. The Morgan fingerprint density at radius 2 is 1.90 bits per heavy atom. The summed E-state index contributed by atoms with van der Waals surface area (Å²) in [6.07, 6.45) is 0.658. The Kier molecular flexibility index (Phi) is 6.23. The first-order valence-electron chi connectivity index (χ1n) is 8.68. The molecule has 3 rings (SSSR count). The van der Waals surface area contributed by atoms with Crippen molar-refractivity contribution in [1.29, 1.82) is 0 Å². The number of carbonyl (C=O) groups excluding carboxylic acids is 2. The maximum absolute atomic E-state index is 14.1. The van der Waals surface area contributed by atoms with Crippen LogP contribution in [-0.2, 0) is 16.0 Å². The number of halogens is 1. The molecule has 8 heteroatoms. The number of hydrogen-bond acceptors (Lipinski definition) is 7. The van der Waals surface area contributed by atoms with Crippen LogP contribution in [0.4, 0.5) is 4.39 Å². The number of rotatable bonds is 7. The molecule has 2 aromatic carbocycles. The molecule has 0 aliphatic heterocycles. The lowest BCUT2D eigenvalue weighted by Gasteiger charge is -2.05. The van der Waals surface area contributed by atoms with Gasteiger partial charge in [-0.15, -0.1) is 0 Å². The van der Waals surface area contributed by atoms with Gasteiger partial charge in [0, 0.05) is 18.1 Å². The molecule has 0 saturated heterocycles. The third-order valence-electron chi connectivity index (χ3n) is 4.12. The van der Waals surface area contributed by atoms with E-state index in [0.717, 1.165) is 5.56 Å². The van der Waals surface area contributed by atoms with E-state index in [1.165, 1.54) is 38.5 Å². The highest BCUT2D eigenvalue weighted by atomic mass is 19.1. The summed E-state index contributed by atoms with van der Waals surface area (Å²) in [5, 5.41) is 3.74. The number of aryl methyl sites for hydroxylation is 1. The molecule has 29 heavy (non-hydrogen) atoms. The number of carbonyl (C=O) groups is 2. The number of ether oxygens (including phenoxy) is 3. The van der Waals surface area contributed by atoms with Gasteiger partial charge in [0.1, 0.15) is 23.0 Å². The summed E-state index contributed by atoms with van der Waals surface area (Å²) in [5.41, 5.74) is 1.08. The van der Waals surface area contributed by atoms with Gasteiger partial charge in [-0.25, -0.2) is 9.18 Å². The van der Waals surface area contributed by atoms with Gasteiger partial charge in [-0.05, 0) is 42.3 Å². The van der Waals surface area contributed by atoms with Gasteiger partial charge in [0.05, 0.1) is 14.2 Å². The Labute approximate surface area is 166 Å². The molecule has 0 spiro atoms. The zero-order valence-corrected chi connectivity index (χ0v) is 15.8. The number of benzene rings is 2. The molecule has 0 saturated carbocycles. The van der Waals surface area contributed by atoms with Crippen molar-refractivity contribution >= 4 is 11.9 Å². The molecule has 0 bridgehead atoms.